The van der Waals surface area contributed by atoms with Crippen LogP contribution in [0.15, 0.2) is 0 Å². The van der Waals surface area contributed by atoms with Crippen LogP contribution >= 0.6 is 0 Å². The molecule has 0 aromatic rings. The Morgan fingerprint density at radius 1 is 1.50 bits per heavy atom. The van der Waals surface area contributed by atoms with Crippen LogP contribution < -0.4 is 5.32 Å². The molecular formula is C9H17NO2. The van der Waals surface area contributed by atoms with Crippen LogP contribution in [0.2, 0.25) is 0 Å². The van der Waals surface area contributed by atoms with Gasteiger partial charge in [-0.25, -0.2) is 0 Å². The third-order valence-electron chi connectivity index (χ3n) is 2.56. The summed E-state index contributed by atoms with van der Waals surface area (Å²) in [5.74, 6) is 1.07. The van der Waals surface area contributed by atoms with Gasteiger partial charge in [0, 0.05) is 0 Å². The van der Waals surface area contributed by atoms with Gasteiger partial charge < -0.3 is 10.1 Å². The van der Waals surface area contributed by atoms with E-state index in [-0.39, 0.29) is 18.6 Å². The van der Waals surface area contributed by atoms with E-state index in [1.807, 2.05) is 0 Å². The first-order chi connectivity index (χ1) is 5.61. The van der Waals surface area contributed by atoms with Gasteiger partial charge in [0.2, 0.25) is 5.91 Å². The molecule has 1 N–H and O–H groups in total. The maximum absolute atomic E-state index is 11.0. The third kappa shape index (κ3) is 2.21. The van der Waals surface area contributed by atoms with Gasteiger partial charge >= 0.3 is 0 Å². The lowest BCUT2D eigenvalue weighted by molar-refractivity contribution is -0.132. The van der Waals surface area contributed by atoms with E-state index < -0.39 is 0 Å². The highest BCUT2D eigenvalue weighted by atomic mass is 16.5. The van der Waals surface area contributed by atoms with Gasteiger partial charge in [-0.15, -0.1) is 0 Å². The van der Waals surface area contributed by atoms with Crippen molar-refractivity contribution in [2.75, 3.05) is 13.2 Å². The van der Waals surface area contributed by atoms with E-state index in [2.05, 4.69) is 26.1 Å². The summed E-state index contributed by atoms with van der Waals surface area (Å²) in [4.78, 5) is 11.0. The van der Waals surface area contributed by atoms with Crippen molar-refractivity contribution in [1.82, 2.24) is 5.32 Å². The molecule has 1 heterocycles. The van der Waals surface area contributed by atoms with Gasteiger partial charge in [0.25, 0.3) is 0 Å². The number of hydrogen-bond donors (Lipinski definition) is 1. The molecule has 3 nitrogen and oxygen atoms in total. The Bertz CT molecular complexity index is 168. The fraction of sp³-hybridized carbons (Fsp3) is 0.889. The summed E-state index contributed by atoms with van der Waals surface area (Å²) < 4.78 is 5.15. The van der Waals surface area contributed by atoms with Gasteiger partial charge in [-0.2, -0.15) is 0 Å². The summed E-state index contributed by atoms with van der Waals surface area (Å²) >= 11 is 0. The summed E-state index contributed by atoms with van der Waals surface area (Å²) in [6.45, 7) is 7.34. The first kappa shape index (κ1) is 9.52. The average molecular weight is 171 g/mol. The number of amides is 1. The molecule has 0 spiro atoms. The van der Waals surface area contributed by atoms with E-state index in [4.69, 9.17) is 4.74 Å². The number of rotatable bonds is 2. The molecular weight excluding hydrogens is 154 g/mol. The highest BCUT2D eigenvalue weighted by Crippen LogP contribution is 2.16. The van der Waals surface area contributed by atoms with Gasteiger partial charge in [-0.05, 0) is 11.8 Å². The second kappa shape index (κ2) is 3.90. The Balaban J connectivity index is 2.45. The standard InChI is InChI=1S/C9H17NO2/c1-6(2)7(3)8-4-12-5-9(11)10-8/h6-8H,4-5H2,1-3H3,(H,10,11). The Morgan fingerprint density at radius 2 is 2.17 bits per heavy atom. The van der Waals surface area contributed by atoms with Crippen LogP contribution in [0.4, 0.5) is 0 Å². The van der Waals surface area contributed by atoms with Crippen LogP contribution in [0.5, 0.6) is 0 Å². The van der Waals surface area contributed by atoms with Gasteiger partial charge in [0.1, 0.15) is 6.61 Å². The number of hydrogen-bond acceptors (Lipinski definition) is 2. The van der Waals surface area contributed by atoms with Gasteiger partial charge in [0.05, 0.1) is 12.6 Å². The van der Waals surface area contributed by atoms with Crippen LogP contribution in [-0.4, -0.2) is 25.2 Å². The van der Waals surface area contributed by atoms with Crippen LogP contribution in [0.1, 0.15) is 20.8 Å². The van der Waals surface area contributed by atoms with Crippen LogP contribution in [0.3, 0.4) is 0 Å². The first-order valence-electron chi connectivity index (χ1n) is 4.48. The average Bonchev–Trinajstić information content (AvgIpc) is 2.03. The molecule has 70 valence electrons. The monoisotopic (exact) mass is 171 g/mol. The minimum atomic E-state index is 0.0127. The molecule has 12 heavy (non-hydrogen) atoms. The molecule has 0 aromatic heterocycles. The number of carbonyl (C=O) groups excluding carboxylic acids is 1. The second-order valence-electron chi connectivity index (χ2n) is 3.79. The van der Waals surface area contributed by atoms with Gasteiger partial charge in [-0.1, -0.05) is 20.8 Å². The van der Waals surface area contributed by atoms with E-state index in [1.54, 1.807) is 0 Å². The predicted octanol–water partition coefficient (Wildman–Crippen LogP) is 0.793. The van der Waals surface area contributed by atoms with Crippen molar-refractivity contribution < 1.29 is 9.53 Å². The number of carbonyl (C=O) groups is 1. The molecule has 1 fully saturated rings. The van der Waals surface area contributed by atoms with Crippen molar-refractivity contribution in [2.24, 2.45) is 11.8 Å². The molecule has 1 aliphatic heterocycles. The molecule has 3 heteroatoms. The lowest BCUT2D eigenvalue weighted by Crippen LogP contribution is -2.49. The summed E-state index contributed by atoms with van der Waals surface area (Å²) in [5, 5.41) is 2.93. The SMILES string of the molecule is CC(C)C(C)C1COCC(=O)N1. The molecule has 0 aliphatic carbocycles. The van der Waals surface area contributed by atoms with E-state index in [0.29, 0.717) is 18.4 Å². The normalized spacial score (nSPS) is 27.0. The topological polar surface area (TPSA) is 38.3 Å². The Labute approximate surface area is 73.5 Å². The van der Waals surface area contributed by atoms with Crippen LogP contribution in [0, 0.1) is 11.8 Å². The Kier molecular flexibility index (Phi) is 3.09. The summed E-state index contributed by atoms with van der Waals surface area (Å²) in [6, 6.07) is 0.200. The molecule has 2 atom stereocenters. The number of nitrogens with one attached hydrogen (secondary N) is 1. The summed E-state index contributed by atoms with van der Waals surface area (Å²) in [5.41, 5.74) is 0. The smallest absolute Gasteiger partial charge is 0.246 e. The van der Waals surface area contributed by atoms with Crippen molar-refractivity contribution in [3.8, 4) is 0 Å². The fourth-order valence-electron chi connectivity index (χ4n) is 1.32. The molecule has 1 amide bonds. The maximum Gasteiger partial charge on any atom is 0.246 e. The van der Waals surface area contributed by atoms with Crippen LogP contribution in [0.25, 0.3) is 0 Å². The number of ether oxygens (including phenoxy) is 1. The van der Waals surface area contributed by atoms with E-state index in [0.717, 1.165) is 0 Å². The van der Waals surface area contributed by atoms with E-state index in [9.17, 15) is 4.79 Å². The van der Waals surface area contributed by atoms with Crippen molar-refractivity contribution in [3.05, 3.63) is 0 Å². The molecule has 1 saturated heterocycles. The zero-order valence-corrected chi connectivity index (χ0v) is 7.96. The lowest BCUT2D eigenvalue weighted by atomic mass is 9.90. The van der Waals surface area contributed by atoms with Gasteiger partial charge in [-0.3, -0.25) is 4.79 Å². The quantitative estimate of drug-likeness (QED) is 0.667. The fourth-order valence-corrected chi connectivity index (χ4v) is 1.32. The maximum atomic E-state index is 11.0. The van der Waals surface area contributed by atoms with Crippen molar-refractivity contribution >= 4 is 5.91 Å². The zero-order valence-electron chi connectivity index (χ0n) is 7.96. The number of morpholine rings is 1. The summed E-state index contributed by atoms with van der Waals surface area (Å²) in [7, 11) is 0. The predicted molar refractivity (Wildman–Crippen MR) is 46.8 cm³/mol. The van der Waals surface area contributed by atoms with Crippen molar-refractivity contribution in [1.29, 1.82) is 0 Å². The van der Waals surface area contributed by atoms with Crippen molar-refractivity contribution in [3.63, 3.8) is 0 Å². The molecule has 1 rings (SSSR count). The molecule has 0 radical (unpaired) electrons. The lowest BCUT2D eigenvalue weighted by Gasteiger charge is -2.30. The minimum absolute atomic E-state index is 0.0127. The third-order valence-corrected chi connectivity index (χ3v) is 2.56. The Hall–Kier alpha value is -0.570. The highest BCUT2D eigenvalue weighted by Gasteiger charge is 2.25. The minimum Gasteiger partial charge on any atom is -0.370 e. The van der Waals surface area contributed by atoms with Gasteiger partial charge in [0.15, 0.2) is 0 Å². The molecule has 0 bridgehead atoms. The molecule has 2 unspecified atom stereocenters. The highest BCUT2D eigenvalue weighted by molar-refractivity contribution is 5.78. The molecule has 0 saturated carbocycles. The Morgan fingerprint density at radius 3 is 2.67 bits per heavy atom. The van der Waals surface area contributed by atoms with E-state index >= 15 is 0 Å². The molecule has 1 aliphatic rings. The van der Waals surface area contributed by atoms with Crippen molar-refractivity contribution in [2.45, 2.75) is 26.8 Å². The summed E-state index contributed by atoms with van der Waals surface area (Å²) in [6.07, 6.45) is 0. The van der Waals surface area contributed by atoms with Crippen LogP contribution in [-0.2, 0) is 9.53 Å². The molecule has 0 aromatic carbocycles. The largest absolute Gasteiger partial charge is 0.370 e. The first-order valence-corrected chi connectivity index (χ1v) is 4.48. The zero-order chi connectivity index (χ0) is 9.14. The van der Waals surface area contributed by atoms with E-state index in [1.165, 1.54) is 0 Å². The second-order valence-corrected chi connectivity index (χ2v) is 3.79.